The molecule has 0 amide bonds. The fourth-order valence-electron chi connectivity index (χ4n) is 2.18. The van der Waals surface area contributed by atoms with Gasteiger partial charge in [0, 0.05) is 5.88 Å². The van der Waals surface area contributed by atoms with Gasteiger partial charge in [0.2, 0.25) is 0 Å². The maximum absolute atomic E-state index is 6.01. The van der Waals surface area contributed by atoms with Crippen LogP contribution in [0.4, 0.5) is 0 Å². The average Bonchev–Trinajstić information content (AvgIpc) is 2.33. The fraction of sp³-hybridized carbons (Fsp3) is 0.571. The number of hydrogen-bond donors (Lipinski definition) is 0. The second kappa shape index (κ2) is 5.63. The first-order chi connectivity index (χ1) is 8.28. The maximum atomic E-state index is 6.01. The van der Waals surface area contributed by atoms with Crippen LogP contribution < -0.4 is 9.47 Å². The van der Waals surface area contributed by atoms with Crippen LogP contribution in [0.1, 0.15) is 25.7 Å². The second-order valence-electron chi connectivity index (χ2n) is 4.76. The minimum absolute atomic E-state index is 0.355. The topological polar surface area (TPSA) is 18.5 Å². The van der Waals surface area contributed by atoms with E-state index in [-0.39, 0.29) is 0 Å². The van der Waals surface area contributed by atoms with E-state index in [1.54, 1.807) is 7.11 Å². The van der Waals surface area contributed by atoms with Crippen LogP contribution >= 0.6 is 11.6 Å². The fourth-order valence-corrected chi connectivity index (χ4v) is 2.59. The van der Waals surface area contributed by atoms with Gasteiger partial charge in [0.15, 0.2) is 0 Å². The third-order valence-corrected chi connectivity index (χ3v) is 4.23. The molecule has 94 valence electrons. The van der Waals surface area contributed by atoms with Crippen molar-refractivity contribution in [3.8, 4) is 11.5 Å². The van der Waals surface area contributed by atoms with Gasteiger partial charge in [-0.05, 0) is 48.9 Å². The standard InChI is InChI=1S/C14H19ClO2/c1-16-12-3-5-13(6-4-12)17-10-9-14(11-15)7-2-8-14/h3-6H,2,7-11H2,1H3. The Balaban J connectivity index is 1.77. The lowest BCUT2D eigenvalue weighted by atomic mass is 9.68. The van der Waals surface area contributed by atoms with Crippen LogP contribution in [0.2, 0.25) is 0 Å². The first-order valence-corrected chi connectivity index (χ1v) is 6.64. The largest absolute Gasteiger partial charge is 0.497 e. The van der Waals surface area contributed by atoms with E-state index >= 15 is 0 Å². The molecule has 0 unspecified atom stereocenters. The number of halogens is 1. The number of hydrogen-bond acceptors (Lipinski definition) is 2. The Kier molecular flexibility index (Phi) is 4.16. The number of rotatable bonds is 6. The van der Waals surface area contributed by atoms with Crippen molar-refractivity contribution in [3.63, 3.8) is 0 Å². The SMILES string of the molecule is COc1ccc(OCCC2(CCl)CCC2)cc1. The van der Waals surface area contributed by atoms with Gasteiger partial charge in [-0.15, -0.1) is 11.6 Å². The summed E-state index contributed by atoms with van der Waals surface area (Å²) in [6.45, 7) is 0.749. The minimum Gasteiger partial charge on any atom is -0.497 e. The first kappa shape index (κ1) is 12.6. The van der Waals surface area contributed by atoms with Crippen LogP contribution in [0.3, 0.4) is 0 Å². The molecule has 0 atom stereocenters. The molecule has 0 aromatic heterocycles. The van der Waals surface area contributed by atoms with Crippen molar-refractivity contribution in [3.05, 3.63) is 24.3 Å². The summed E-state index contributed by atoms with van der Waals surface area (Å²) in [5.74, 6) is 2.52. The molecule has 0 N–H and O–H groups in total. The highest BCUT2D eigenvalue weighted by Gasteiger charge is 2.35. The molecule has 1 fully saturated rings. The van der Waals surface area contributed by atoms with Gasteiger partial charge in [-0.1, -0.05) is 6.42 Å². The average molecular weight is 255 g/mol. The third kappa shape index (κ3) is 3.06. The lowest BCUT2D eigenvalue weighted by molar-refractivity contribution is 0.120. The number of benzene rings is 1. The summed E-state index contributed by atoms with van der Waals surface area (Å²) in [5.41, 5.74) is 0.355. The molecule has 17 heavy (non-hydrogen) atoms. The molecule has 1 aromatic rings. The van der Waals surface area contributed by atoms with Gasteiger partial charge in [-0.25, -0.2) is 0 Å². The van der Waals surface area contributed by atoms with Gasteiger partial charge < -0.3 is 9.47 Å². The predicted octanol–water partition coefficient (Wildman–Crippen LogP) is 3.87. The van der Waals surface area contributed by atoms with Gasteiger partial charge in [-0.2, -0.15) is 0 Å². The Morgan fingerprint density at radius 3 is 2.29 bits per heavy atom. The zero-order chi connectivity index (χ0) is 12.1. The summed E-state index contributed by atoms with van der Waals surface area (Å²) in [4.78, 5) is 0. The lowest BCUT2D eigenvalue weighted by Gasteiger charge is -2.40. The van der Waals surface area contributed by atoms with E-state index in [0.29, 0.717) is 5.41 Å². The van der Waals surface area contributed by atoms with Crippen molar-refractivity contribution in [1.29, 1.82) is 0 Å². The summed E-state index contributed by atoms with van der Waals surface area (Å²) in [7, 11) is 1.66. The molecule has 0 radical (unpaired) electrons. The van der Waals surface area contributed by atoms with Crippen molar-refractivity contribution in [2.75, 3.05) is 19.6 Å². The van der Waals surface area contributed by atoms with Crippen molar-refractivity contribution >= 4 is 11.6 Å². The monoisotopic (exact) mass is 254 g/mol. The lowest BCUT2D eigenvalue weighted by Crippen LogP contribution is -2.32. The minimum atomic E-state index is 0.355. The van der Waals surface area contributed by atoms with E-state index in [1.165, 1.54) is 19.3 Å². The summed E-state index contributed by atoms with van der Waals surface area (Å²) in [5, 5.41) is 0. The molecule has 2 rings (SSSR count). The van der Waals surface area contributed by atoms with Gasteiger partial charge >= 0.3 is 0 Å². The Labute approximate surface area is 108 Å². The quantitative estimate of drug-likeness (QED) is 0.718. The Hall–Kier alpha value is -0.890. The van der Waals surface area contributed by atoms with Gasteiger partial charge in [0.1, 0.15) is 11.5 Å². The molecule has 1 aliphatic rings. The van der Waals surface area contributed by atoms with Gasteiger partial charge in [0.05, 0.1) is 13.7 Å². The van der Waals surface area contributed by atoms with E-state index in [1.807, 2.05) is 24.3 Å². The number of methoxy groups -OCH3 is 1. The highest BCUT2D eigenvalue weighted by atomic mass is 35.5. The Morgan fingerprint density at radius 1 is 1.18 bits per heavy atom. The van der Waals surface area contributed by atoms with Crippen molar-refractivity contribution in [1.82, 2.24) is 0 Å². The Morgan fingerprint density at radius 2 is 1.82 bits per heavy atom. The molecule has 0 bridgehead atoms. The maximum Gasteiger partial charge on any atom is 0.119 e. The normalized spacial score (nSPS) is 17.3. The highest BCUT2D eigenvalue weighted by Crippen LogP contribution is 2.44. The molecule has 0 saturated heterocycles. The van der Waals surface area contributed by atoms with Crippen LogP contribution in [-0.2, 0) is 0 Å². The summed E-state index contributed by atoms with van der Waals surface area (Å²) >= 11 is 6.01. The van der Waals surface area contributed by atoms with Crippen LogP contribution in [-0.4, -0.2) is 19.6 Å². The molecule has 2 nitrogen and oxygen atoms in total. The second-order valence-corrected chi connectivity index (χ2v) is 5.03. The van der Waals surface area contributed by atoms with Crippen LogP contribution in [0.15, 0.2) is 24.3 Å². The smallest absolute Gasteiger partial charge is 0.119 e. The molecular weight excluding hydrogens is 236 g/mol. The summed E-state index contributed by atoms with van der Waals surface area (Å²) < 4.78 is 10.8. The molecule has 0 heterocycles. The highest BCUT2D eigenvalue weighted by molar-refractivity contribution is 6.18. The van der Waals surface area contributed by atoms with E-state index in [2.05, 4.69) is 0 Å². The van der Waals surface area contributed by atoms with Crippen LogP contribution in [0, 0.1) is 5.41 Å². The van der Waals surface area contributed by atoms with Crippen molar-refractivity contribution < 1.29 is 9.47 Å². The molecule has 0 spiro atoms. The number of alkyl halides is 1. The zero-order valence-corrected chi connectivity index (χ0v) is 11.0. The van der Waals surface area contributed by atoms with Gasteiger partial charge in [-0.3, -0.25) is 0 Å². The Bertz CT molecular complexity index is 338. The third-order valence-electron chi connectivity index (χ3n) is 3.66. The predicted molar refractivity (Wildman–Crippen MR) is 70.1 cm³/mol. The zero-order valence-electron chi connectivity index (χ0n) is 10.2. The van der Waals surface area contributed by atoms with Gasteiger partial charge in [0.25, 0.3) is 0 Å². The molecule has 1 aromatic carbocycles. The molecule has 1 aliphatic carbocycles. The summed E-state index contributed by atoms with van der Waals surface area (Å²) in [6.07, 6.45) is 4.88. The van der Waals surface area contributed by atoms with Crippen molar-refractivity contribution in [2.45, 2.75) is 25.7 Å². The van der Waals surface area contributed by atoms with E-state index < -0.39 is 0 Å². The van der Waals surface area contributed by atoms with Crippen LogP contribution in [0.25, 0.3) is 0 Å². The molecule has 3 heteroatoms. The molecule has 1 saturated carbocycles. The number of ether oxygens (including phenoxy) is 2. The molecular formula is C14H19ClO2. The first-order valence-electron chi connectivity index (χ1n) is 6.11. The van der Waals surface area contributed by atoms with E-state index in [9.17, 15) is 0 Å². The summed E-state index contributed by atoms with van der Waals surface area (Å²) in [6, 6.07) is 7.70. The van der Waals surface area contributed by atoms with Crippen molar-refractivity contribution in [2.24, 2.45) is 5.41 Å². The van der Waals surface area contributed by atoms with E-state index in [0.717, 1.165) is 30.4 Å². The van der Waals surface area contributed by atoms with E-state index in [4.69, 9.17) is 21.1 Å². The molecule has 0 aliphatic heterocycles. The van der Waals surface area contributed by atoms with Crippen LogP contribution in [0.5, 0.6) is 11.5 Å².